The average molecular weight is 216 g/mol. The number of nitrogens with two attached hydrogens (primary N) is 1. The van der Waals surface area contributed by atoms with Gasteiger partial charge in [0.2, 0.25) is 0 Å². The fourth-order valence-electron chi connectivity index (χ4n) is 0.725. The first-order valence-corrected chi connectivity index (χ1v) is 5.80. The Kier molecular flexibility index (Phi) is 6.74. The van der Waals surface area contributed by atoms with Crippen LogP contribution < -0.4 is 5.14 Å². The Morgan fingerprint density at radius 2 is 1.75 bits per heavy atom. The summed E-state index contributed by atoms with van der Waals surface area (Å²) in [5.74, 6) is 0.649. The van der Waals surface area contributed by atoms with Crippen LogP contribution in [0.2, 0.25) is 0 Å². The normalized spacial score (nSPS) is 11.8. The molecule has 0 rings (SSSR count). The van der Waals surface area contributed by atoms with Gasteiger partial charge in [0.25, 0.3) is 0 Å². The fourth-order valence-corrected chi connectivity index (χ4v) is 1.26. The molecule has 2 N–H and O–H groups in total. The molecule has 0 aliphatic carbocycles. The fraction of sp³-hybridized carbons (Fsp3) is 1.00. The van der Waals surface area contributed by atoms with Gasteiger partial charge in [-0.1, -0.05) is 12.8 Å². The van der Waals surface area contributed by atoms with Gasteiger partial charge in [-0.15, -0.1) is 11.6 Å². The largest absolute Gasteiger partial charge is 0.333 e. The Morgan fingerprint density at radius 1 is 1.17 bits per heavy atom. The number of hydrogen-bond donors (Lipinski definition) is 1. The molecule has 0 heterocycles. The average Bonchev–Trinajstić information content (AvgIpc) is 1.94. The Morgan fingerprint density at radius 3 is 2.25 bits per heavy atom. The maximum atomic E-state index is 10.3. The second-order valence-corrected chi connectivity index (χ2v) is 4.02. The van der Waals surface area contributed by atoms with Gasteiger partial charge in [-0.2, -0.15) is 8.42 Å². The molecule has 0 saturated carbocycles. The highest BCUT2D eigenvalue weighted by Crippen LogP contribution is 2.01. The number of alkyl halides is 1. The SMILES string of the molecule is NS(=O)(=O)OCCCCCCCl. The number of rotatable bonds is 7. The Labute approximate surface area is 78.3 Å². The van der Waals surface area contributed by atoms with Crippen LogP contribution in [0.1, 0.15) is 25.7 Å². The first-order valence-electron chi connectivity index (χ1n) is 3.79. The summed E-state index contributed by atoms with van der Waals surface area (Å²) in [5, 5.41) is 4.61. The van der Waals surface area contributed by atoms with Crippen LogP contribution in [0.5, 0.6) is 0 Å². The number of hydrogen-bond acceptors (Lipinski definition) is 3. The van der Waals surface area contributed by atoms with Gasteiger partial charge >= 0.3 is 10.3 Å². The summed E-state index contributed by atoms with van der Waals surface area (Å²) in [7, 11) is -3.74. The van der Waals surface area contributed by atoms with Crippen molar-refractivity contribution in [2.24, 2.45) is 5.14 Å². The molecule has 6 heteroatoms. The lowest BCUT2D eigenvalue weighted by molar-refractivity contribution is 0.307. The monoisotopic (exact) mass is 215 g/mol. The quantitative estimate of drug-likeness (QED) is 0.509. The molecule has 0 aromatic heterocycles. The van der Waals surface area contributed by atoms with Crippen LogP contribution in [-0.2, 0) is 14.5 Å². The zero-order valence-electron chi connectivity index (χ0n) is 6.83. The van der Waals surface area contributed by atoms with Crippen molar-refractivity contribution in [3.05, 3.63) is 0 Å². The van der Waals surface area contributed by atoms with E-state index in [1.807, 2.05) is 0 Å². The molecule has 12 heavy (non-hydrogen) atoms. The smallest absolute Gasteiger partial charge is 0.258 e. The van der Waals surface area contributed by atoms with Gasteiger partial charge in [0, 0.05) is 5.88 Å². The summed E-state index contributed by atoms with van der Waals surface area (Å²) < 4.78 is 24.8. The van der Waals surface area contributed by atoms with E-state index in [4.69, 9.17) is 11.6 Å². The van der Waals surface area contributed by atoms with Crippen LogP contribution in [-0.4, -0.2) is 20.9 Å². The third-order valence-corrected chi connectivity index (χ3v) is 2.04. The van der Waals surface area contributed by atoms with Crippen molar-refractivity contribution in [3.8, 4) is 0 Å². The lowest BCUT2D eigenvalue weighted by atomic mass is 10.2. The molecule has 0 bridgehead atoms. The molecular formula is C6H14ClNO3S. The van der Waals surface area contributed by atoms with E-state index in [0.29, 0.717) is 12.3 Å². The molecule has 0 atom stereocenters. The van der Waals surface area contributed by atoms with Gasteiger partial charge in [-0.05, 0) is 12.8 Å². The minimum atomic E-state index is -3.74. The van der Waals surface area contributed by atoms with E-state index >= 15 is 0 Å². The molecule has 0 unspecified atom stereocenters. The predicted molar refractivity (Wildman–Crippen MR) is 48.2 cm³/mol. The van der Waals surface area contributed by atoms with Gasteiger partial charge in [-0.25, -0.2) is 5.14 Å². The summed E-state index contributed by atoms with van der Waals surface area (Å²) in [6.07, 6.45) is 3.57. The van der Waals surface area contributed by atoms with Crippen molar-refractivity contribution in [1.29, 1.82) is 0 Å². The van der Waals surface area contributed by atoms with E-state index in [9.17, 15) is 8.42 Å². The molecule has 0 aliphatic rings. The van der Waals surface area contributed by atoms with Crippen LogP contribution in [0.25, 0.3) is 0 Å². The number of unbranched alkanes of at least 4 members (excludes halogenated alkanes) is 3. The van der Waals surface area contributed by atoms with Gasteiger partial charge in [0.1, 0.15) is 0 Å². The summed E-state index contributed by atoms with van der Waals surface area (Å²) in [6, 6.07) is 0. The van der Waals surface area contributed by atoms with Crippen molar-refractivity contribution < 1.29 is 12.6 Å². The molecule has 0 aliphatic heterocycles. The summed E-state index contributed by atoms with van der Waals surface area (Å²) in [6.45, 7) is 0.168. The summed E-state index contributed by atoms with van der Waals surface area (Å²) >= 11 is 5.44. The third-order valence-electron chi connectivity index (χ3n) is 1.28. The van der Waals surface area contributed by atoms with Crippen molar-refractivity contribution in [1.82, 2.24) is 0 Å². The molecule has 0 radical (unpaired) electrons. The van der Waals surface area contributed by atoms with Crippen LogP contribution in [0.4, 0.5) is 0 Å². The molecule has 0 saturated heterocycles. The standard InChI is InChI=1S/C6H14ClNO3S/c7-5-3-1-2-4-6-11-12(8,9)10/h1-6H2,(H2,8,9,10). The van der Waals surface area contributed by atoms with Crippen LogP contribution in [0, 0.1) is 0 Å². The third kappa shape index (κ3) is 10.2. The second-order valence-electron chi connectivity index (χ2n) is 2.42. The minimum absolute atomic E-state index is 0.168. The maximum Gasteiger partial charge on any atom is 0.333 e. The van der Waals surface area contributed by atoms with E-state index in [0.717, 1.165) is 19.3 Å². The number of halogens is 1. The first-order chi connectivity index (χ1) is 5.56. The first kappa shape index (κ1) is 12.2. The van der Waals surface area contributed by atoms with Crippen LogP contribution >= 0.6 is 11.6 Å². The maximum absolute atomic E-state index is 10.3. The highest BCUT2D eigenvalue weighted by molar-refractivity contribution is 7.84. The molecule has 0 spiro atoms. The van der Waals surface area contributed by atoms with Crippen molar-refractivity contribution in [3.63, 3.8) is 0 Å². The van der Waals surface area contributed by atoms with Crippen molar-refractivity contribution in [2.75, 3.05) is 12.5 Å². The van der Waals surface area contributed by atoms with Crippen LogP contribution in [0.3, 0.4) is 0 Å². The van der Waals surface area contributed by atoms with Gasteiger partial charge < -0.3 is 0 Å². The zero-order valence-corrected chi connectivity index (χ0v) is 8.40. The van der Waals surface area contributed by atoms with E-state index in [2.05, 4.69) is 9.32 Å². The molecule has 74 valence electrons. The second kappa shape index (κ2) is 6.65. The predicted octanol–water partition coefficient (Wildman–Crippen LogP) is 1.01. The highest BCUT2D eigenvalue weighted by atomic mass is 35.5. The van der Waals surface area contributed by atoms with Gasteiger partial charge in [-0.3, -0.25) is 4.18 Å². The van der Waals surface area contributed by atoms with Crippen LogP contribution in [0.15, 0.2) is 0 Å². The van der Waals surface area contributed by atoms with Gasteiger partial charge in [0.15, 0.2) is 0 Å². The van der Waals surface area contributed by atoms with Crippen molar-refractivity contribution in [2.45, 2.75) is 25.7 Å². The highest BCUT2D eigenvalue weighted by Gasteiger charge is 2.00. The summed E-state index contributed by atoms with van der Waals surface area (Å²) in [5.41, 5.74) is 0. The Hall–Kier alpha value is 0.160. The van der Waals surface area contributed by atoms with E-state index in [1.54, 1.807) is 0 Å². The molecule has 0 aromatic carbocycles. The van der Waals surface area contributed by atoms with Gasteiger partial charge in [0.05, 0.1) is 6.61 Å². The topological polar surface area (TPSA) is 69.4 Å². The Bertz CT molecular complexity index is 193. The summed E-state index contributed by atoms with van der Waals surface area (Å²) in [4.78, 5) is 0. The zero-order chi connectivity index (χ0) is 9.45. The van der Waals surface area contributed by atoms with E-state index in [1.165, 1.54) is 0 Å². The lowest BCUT2D eigenvalue weighted by Gasteiger charge is -1.99. The van der Waals surface area contributed by atoms with E-state index in [-0.39, 0.29) is 6.61 Å². The molecule has 0 fully saturated rings. The molecule has 0 aromatic rings. The molecule has 4 nitrogen and oxygen atoms in total. The molecular weight excluding hydrogens is 202 g/mol. The lowest BCUT2D eigenvalue weighted by Crippen LogP contribution is -2.16. The van der Waals surface area contributed by atoms with E-state index < -0.39 is 10.3 Å². The molecule has 0 amide bonds. The Balaban J connectivity index is 3.12. The van der Waals surface area contributed by atoms with Crippen molar-refractivity contribution >= 4 is 21.9 Å². The minimum Gasteiger partial charge on any atom is -0.258 e.